The number of carbonyl (C=O) groups is 2. The molecule has 6 heteroatoms. The van der Waals surface area contributed by atoms with Gasteiger partial charge in [0.05, 0.1) is 24.5 Å². The first-order valence-electron chi connectivity index (χ1n) is 13.4. The van der Waals surface area contributed by atoms with Gasteiger partial charge in [-0.15, -0.1) is 0 Å². The molecular formula is C32H35N3O3. The van der Waals surface area contributed by atoms with Crippen LogP contribution in [0.2, 0.25) is 0 Å². The van der Waals surface area contributed by atoms with Gasteiger partial charge in [0.25, 0.3) is 0 Å². The van der Waals surface area contributed by atoms with Gasteiger partial charge >= 0.3 is 0 Å². The smallest absolute Gasteiger partial charge is 0.224 e. The van der Waals surface area contributed by atoms with E-state index < -0.39 is 6.04 Å². The van der Waals surface area contributed by atoms with E-state index in [0.717, 1.165) is 52.7 Å². The summed E-state index contributed by atoms with van der Waals surface area (Å²) < 4.78 is 5.32. The number of nitrogens with zero attached hydrogens (tertiary/aromatic N) is 2. The Kier molecular flexibility index (Phi) is 7.23. The summed E-state index contributed by atoms with van der Waals surface area (Å²) in [6, 6.07) is 23.6. The van der Waals surface area contributed by atoms with Crippen LogP contribution in [-0.4, -0.2) is 31.9 Å². The molecule has 1 aliphatic heterocycles. The largest absolute Gasteiger partial charge is 0.497 e. The van der Waals surface area contributed by atoms with Gasteiger partial charge in [0.2, 0.25) is 5.91 Å². The average molecular weight is 510 g/mol. The normalized spacial score (nSPS) is 18.7. The van der Waals surface area contributed by atoms with Crippen LogP contribution in [0.25, 0.3) is 0 Å². The number of allylic oxidation sites excluding steroid dienone is 1. The van der Waals surface area contributed by atoms with Crippen LogP contribution < -0.4 is 19.9 Å². The molecule has 3 aromatic rings. The van der Waals surface area contributed by atoms with E-state index in [9.17, 15) is 9.59 Å². The van der Waals surface area contributed by atoms with E-state index in [4.69, 9.17) is 4.74 Å². The van der Waals surface area contributed by atoms with Crippen molar-refractivity contribution in [1.29, 1.82) is 0 Å². The maximum Gasteiger partial charge on any atom is 0.224 e. The number of ether oxygens (including phenoxy) is 1. The van der Waals surface area contributed by atoms with Crippen molar-refractivity contribution < 1.29 is 14.3 Å². The van der Waals surface area contributed by atoms with Crippen molar-refractivity contribution in [3.8, 4) is 5.75 Å². The molecule has 1 N–H and O–H groups in total. The van der Waals surface area contributed by atoms with Crippen LogP contribution in [0.1, 0.15) is 56.7 Å². The second-order valence-electron chi connectivity index (χ2n) is 9.89. The van der Waals surface area contributed by atoms with Gasteiger partial charge in [0, 0.05) is 43.4 Å². The third-order valence-corrected chi connectivity index (χ3v) is 7.75. The van der Waals surface area contributed by atoms with Gasteiger partial charge in [-0.1, -0.05) is 36.4 Å². The number of fused-ring (bicyclic) bond motifs is 1. The number of rotatable bonds is 6. The summed E-state index contributed by atoms with van der Waals surface area (Å²) in [6.45, 7) is 7.68. The summed E-state index contributed by atoms with van der Waals surface area (Å²) in [7, 11) is 1.65. The molecule has 1 aliphatic carbocycles. The lowest BCUT2D eigenvalue weighted by molar-refractivity contribution is -0.117. The fourth-order valence-electron chi connectivity index (χ4n) is 5.82. The second-order valence-corrected chi connectivity index (χ2v) is 9.89. The van der Waals surface area contributed by atoms with E-state index in [1.807, 2.05) is 48.5 Å². The molecule has 6 nitrogen and oxygen atoms in total. The highest BCUT2D eigenvalue weighted by atomic mass is 16.5. The molecule has 0 saturated heterocycles. The van der Waals surface area contributed by atoms with Gasteiger partial charge in [-0.25, -0.2) is 0 Å². The Morgan fingerprint density at radius 2 is 1.61 bits per heavy atom. The molecule has 38 heavy (non-hydrogen) atoms. The van der Waals surface area contributed by atoms with Crippen molar-refractivity contribution in [3.63, 3.8) is 0 Å². The molecule has 0 radical (unpaired) electrons. The highest BCUT2D eigenvalue weighted by Crippen LogP contribution is 2.47. The van der Waals surface area contributed by atoms with E-state index >= 15 is 0 Å². The average Bonchev–Trinajstić information content (AvgIpc) is 3.09. The molecule has 0 saturated carbocycles. The zero-order valence-corrected chi connectivity index (χ0v) is 22.5. The standard InChI is InChI=1S/C32H35N3O3/c1-5-34(6-2)25-15-11-23(12-16-25)32-31-28(33-27-9-7-8-10-29(27)35(32)21(3)36)19-24(20-30(31)37)22-13-17-26(38-4)18-14-22/h7-18,24,32-33H,5-6,19-20H2,1-4H3/t24-,32+/m1/s1. The fraction of sp³-hybridized carbons (Fsp3) is 0.312. The summed E-state index contributed by atoms with van der Waals surface area (Å²) in [5.74, 6) is 0.802. The number of Topliss-reactive ketones (excluding diaryl/α,β-unsaturated/α-hetero) is 1. The van der Waals surface area contributed by atoms with Crippen molar-refractivity contribution in [2.45, 2.75) is 45.6 Å². The Morgan fingerprint density at radius 1 is 0.947 bits per heavy atom. The minimum absolute atomic E-state index is 0.0430. The van der Waals surface area contributed by atoms with Crippen LogP contribution in [0.15, 0.2) is 84.1 Å². The minimum atomic E-state index is -0.506. The Morgan fingerprint density at radius 3 is 2.24 bits per heavy atom. The highest BCUT2D eigenvalue weighted by molar-refractivity contribution is 6.06. The Balaban J connectivity index is 1.63. The molecule has 0 fully saturated rings. The third kappa shape index (κ3) is 4.67. The number of anilines is 3. The van der Waals surface area contributed by atoms with Gasteiger partial charge in [0.15, 0.2) is 5.78 Å². The monoisotopic (exact) mass is 509 g/mol. The third-order valence-electron chi connectivity index (χ3n) is 7.75. The van der Waals surface area contributed by atoms with Crippen LogP contribution in [-0.2, 0) is 9.59 Å². The van der Waals surface area contributed by atoms with Crippen LogP contribution in [0.4, 0.5) is 17.1 Å². The molecule has 1 heterocycles. The van der Waals surface area contributed by atoms with Crippen molar-refractivity contribution in [2.24, 2.45) is 0 Å². The van der Waals surface area contributed by atoms with Crippen LogP contribution in [0, 0.1) is 0 Å². The number of carbonyl (C=O) groups excluding carboxylic acids is 2. The molecule has 2 aliphatic rings. The maximum absolute atomic E-state index is 14.0. The molecule has 3 aromatic carbocycles. The minimum Gasteiger partial charge on any atom is -0.497 e. The number of ketones is 1. The SMILES string of the molecule is CCN(CC)c1ccc([C@H]2C3=C(C[C@@H](c4ccc(OC)cc4)CC3=O)Nc3ccccc3N2C(C)=O)cc1. The van der Waals surface area contributed by atoms with Gasteiger partial charge in [-0.2, -0.15) is 0 Å². The number of hydrogen-bond acceptors (Lipinski definition) is 5. The van der Waals surface area contributed by atoms with Crippen molar-refractivity contribution >= 4 is 28.8 Å². The van der Waals surface area contributed by atoms with E-state index in [2.05, 4.69) is 48.3 Å². The zero-order chi connectivity index (χ0) is 26.8. The molecule has 2 atom stereocenters. The lowest BCUT2D eigenvalue weighted by atomic mass is 9.78. The Hall–Kier alpha value is -4.06. The lowest BCUT2D eigenvalue weighted by Crippen LogP contribution is -2.37. The van der Waals surface area contributed by atoms with Crippen LogP contribution in [0.3, 0.4) is 0 Å². The number of nitrogens with one attached hydrogen (secondary N) is 1. The molecule has 1 amide bonds. The van der Waals surface area contributed by atoms with E-state index in [1.165, 1.54) is 0 Å². The van der Waals surface area contributed by atoms with Crippen molar-refractivity contribution in [2.75, 3.05) is 35.3 Å². The van der Waals surface area contributed by atoms with Crippen LogP contribution in [0.5, 0.6) is 5.75 Å². The second kappa shape index (κ2) is 10.7. The quantitative estimate of drug-likeness (QED) is 0.413. The molecular weight excluding hydrogens is 474 g/mol. The van der Waals surface area contributed by atoms with Gasteiger partial charge in [-0.3, -0.25) is 14.5 Å². The van der Waals surface area contributed by atoms with Gasteiger partial charge in [-0.05, 0) is 73.7 Å². The van der Waals surface area contributed by atoms with Gasteiger partial charge in [0.1, 0.15) is 5.75 Å². The summed E-state index contributed by atoms with van der Waals surface area (Å²) >= 11 is 0. The predicted molar refractivity (Wildman–Crippen MR) is 153 cm³/mol. The molecule has 196 valence electrons. The first-order chi connectivity index (χ1) is 18.4. The fourth-order valence-corrected chi connectivity index (χ4v) is 5.82. The van der Waals surface area contributed by atoms with E-state index in [0.29, 0.717) is 18.4 Å². The van der Waals surface area contributed by atoms with Gasteiger partial charge < -0.3 is 15.0 Å². The molecule has 0 bridgehead atoms. The number of hydrogen-bond donors (Lipinski definition) is 1. The molecule has 5 rings (SSSR count). The molecule has 0 unspecified atom stereocenters. The topological polar surface area (TPSA) is 61.9 Å². The Labute approximate surface area is 224 Å². The highest BCUT2D eigenvalue weighted by Gasteiger charge is 2.40. The first-order valence-corrected chi connectivity index (χ1v) is 13.4. The predicted octanol–water partition coefficient (Wildman–Crippen LogP) is 6.46. The lowest BCUT2D eigenvalue weighted by Gasteiger charge is -2.35. The molecule has 0 aromatic heterocycles. The number of benzene rings is 3. The summed E-state index contributed by atoms with van der Waals surface area (Å²) in [5, 5.41) is 3.58. The number of para-hydroxylation sites is 2. The summed E-state index contributed by atoms with van der Waals surface area (Å²) in [5.41, 5.74) is 6.34. The molecule has 0 spiro atoms. The zero-order valence-electron chi connectivity index (χ0n) is 22.5. The van der Waals surface area contributed by atoms with E-state index in [-0.39, 0.29) is 17.6 Å². The van der Waals surface area contributed by atoms with E-state index in [1.54, 1.807) is 18.9 Å². The number of amides is 1. The van der Waals surface area contributed by atoms with Crippen LogP contribution >= 0.6 is 0 Å². The number of methoxy groups -OCH3 is 1. The first kappa shape index (κ1) is 25.6. The van der Waals surface area contributed by atoms with Crippen molar-refractivity contribution in [1.82, 2.24) is 0 Å². The summed E-state index contributed by atoms with van der Waals surface area (Å²) in [6.07, 6.45) is 1.07. The Bertz CT molecular complexity index is 1360. The summed E-state index contributed by atoms with van der Waals surface area (Å²) in [4.78, 5) is 31.3. The maximum atomic E-state index is 14.0. The van der Waals surface area contributed by atoms with Crippen molar-refractivity contribution in [3.05, 3.63) is 95.2 Å².